The number of aromatic amines is 1. The number of ether oxygens (including phenoxy) is 1. The molecule has 0 atom stereocenters. The number of aromatic nitrogens is 2. The van der Waals surface area contributed by atoms with Crippen LogP contribution in [0.5, 0.6) is 11.5 Å². The quantitative estimate of drug-likeness (QED) is 0.638. The third-order valence-corrected chi connectivity index (χ3v) is 5.09. The fourth-order valence-electron chi connectivity index (χ4n) is 2.81. The lowest BCUT2D eigenvalue weighted by Crippen LogP contribution is -2.35. The molecule has 2 N–H and O–H groups in total. The fourth-order valence-corrected chi connectivity index (χ4v) is 3.42. The predicted octanol–water partition coefficient (Wildman–Crippen LogP) is 2.42. The number of methoxy groups -OCH3 is 1. The molecule has 2 heterocycles. The van der Waals surface area contributed by atoms with Crippen molar-refractivity contribution in [2.75, 3.05) is 19.9 Å². The summed E-state index contributed by atoms with van der Waals surface area (Å²) >= 11 is 7.66. The monoisotopic (exact) mass is 367 g/mol. The summed E-state index contributed by atoms with van der Waals surface area (Å²) in [5, 5.41) is 11.0. The van der Waals surface area contributed by atoms with E-state index >= 15 is 0 Å². The number of benzene rings is 1. The highest BCUT2D eigenvalue weighted by atomic mass is 35.5. The van der Waals surface area contributed by atoms with Crippen LogP contribution in [0.2, 0.25) is 5.02 Å². The zero-order valence-electron chi connectivity index (χ0n) is 13.4. The summed E-state index contributed by atoms with van der Waals surface area (Å²) in [6, 6.07) is 3.52. The lowest BCUT2D eigenvalue weighted by atomic mass is 10.1. The molecule has 1 aliphatic rings. The molecule has 3 rings (SSSR count). The molecule has 2 aromatic rings. The summed E-state index contributed by atoms with van der Waals surface area (Å²) in [6.45, 7) is 1.83. The first-order valence-corrected chi connectivity index (χ1v) is 9.06. The number of phenolic OH excluding ortho intramolecular Hbond substituents is 1. The van der Waals surface area contributed by atoms with Gasteiger partial charge in [0.25, 0.3) is 5.56 Å². The Kier molecular flexibility index (Phi) is 5.03. The molecule has 0 saturated carbocycles. The second kappa shape index (κ2) is 7.04. The number of hydrogen-bond donors (Lipinski definition) is 2. The van der Waals surface area contributed by atoms with Crippen LogP contribution in [0.25, 0.3) is 0 Å². The van der Waals surface area contributed by atoms with Gasteiger partial charge >= 0.3 is 0 Å². The van der Waals surface area contributed by atoms with Gasteiger partial charge in [0, 0.05) is 26.1 Å². The maximum absolute atomic E-state index is 12.2. The van der Waals surface area contributed by atoms with E-state index < -0.39 is 0 Å². The smallest absolute Gasteiger partial charge is 0.256 e. The van der Waals surface area contributed by atoms with E-state index in [1.807, 2.05) is 12.3 Å². The number of rotatable bonds is 4. The number of hydrogen-bond acceptors (Lipinski definition) is 6. The first-order chi connectivity index (χ1) is 11.5. The number of fused-ring (bicyclic) bond motifs is 1. The minimum absolute atomic E-state index is 0.0572. The molecule has 1 aromatic carbocycles. The van der Waals surface area contributed by atoms with E-state index in [1.54, 1.807) is 6.07 Å². The number of nitrogens with one attached hydrogen (secondary N) is 1. The Bertz CT molecular complexity index is 825. The Hall–Kier alpha value is -1.70. The van der Waals surface area contributed by atoms with Crippen molar-refractivity contribution in [1.29, 1.82) is 0 Å². The Morgan fingerprint density at radius 2 is 2.29 bits per heavy atom. The normalized spacial score (nSPS) is 14.5. The third-order valence-electron chi connectivity index (χ3n) is 4.09. The summed E-state index contributed by atoms with van der Waals surface area (Å²) in [5.41, 5.74) is 2.28. The van der Waals surface area contributed by atoms with Crippen molar-refractivity contribution in [2.24, 2.45) is 0 Å². The molecular formula is C16H18ClN3O3S. The van der Waals surface area contributed by atoms with Crippen LogP contribution < -0.4 is 10.3 Å². The predicted molar refractivity (Wildman–Crippen MR) is 94.1 cm³/mol. The Morgan fingerprint density at radius 3 is 3.00 bits per heavy atom. The van der Waals surface area contributed by atoms with Crippen molar-refractivity contribution >= 4 is 23.4 Å². The molecule has 0 saturated heterocycles. The lowest BCUT2D eigenvalue weighted by Gasteiger charge is -2.28. The van der Waals surface area contributed by atoms with Gasteiger partial charge in [-0.3, -0.25) is 9.69 Å². The van der Waals surface area contributed by atoms with Gasteiger partial charge in [0.15, 0.2) is 16.7 Å². The highest BCUT2D eigenvalue weighted by Crippen LogP contribution is 2.37. The molecule has 0 radical (unpaired) electrons. The Balaban J connectivity index is 1.82. The summed E-state index contributed by atoms with van der Waals surface area (Å²) in [6.07, 6.45) is 2.60. The highest BCUT2D eigenvalue weighted by Gasteiger charge is 2.22. The van der Waals surface area contributed by atoms with E-state index in [0.29, 0.717) is 36.0 Å². The summed E-state index contributed by atoms with van der Waals surface area (Å²) in [4.78, 5) is 21.6. The van der Waals surface area contributed by atoms with E-state index in [0.717, 1.165) is 17.8 Å². The highest BCUT2D eigenvalue weighted by molar-refractivity contribution is 7.98. The number of thioether (sulfide) groups is 1. The third kappa shape index (κ3) is 3.24. The average molecular weight is 368 g/mol. The zero-order valence-corrected chi connectivity index (χ0v) is 15.0. The van der Waals surface area contributed by atoms with Gasteiger partial charge in [0.1, 0.15) is 0 Å². The van der Waals surface area contributed by atoms with Crippen molar-refractivity contribution in [3.05, 3.63) is 44.3 Å². The van der Waals surface area contributed by atoms with Crippen LogP contribution in [-0.2, 0) is 19.5 Å². The van der Waals surface area contributed by atoms with E-state index in [4.69, 9.17) is 16.3 Å². The first kappa shape index (κ1) is 17.1. The van der Waals surface area contributed by atoms with Gasteiger partial charge in [0.05, 0.1) is 23.4 Å². The van der Waals surface area contributed by atoms with Crippen molar-refractivity contribution < 1.29 is 9.84 Å². The van der Waals surface area contributed by atoms with Crippen molar-refractivity contribution in [3.8, 4) is 11.5 Å². The average Bonchev–Trinajstić information content (AvgIpc) is 2.59. The van der Waals surface area contributed by atoms with Crippen molar-refractivity contribution in [2.45, 2.75) is 24.7 Å². The van der Waals surface area contributed by atoms with E-state index in [-0.39, 0.29) is 16.3 Å². The summed E-state index contributed by atoms with van der Waals surface area (Å²) in [5.74, 6) is 0.288. The van der Waals surface area contributed by atoms with Crippen LogP contribution in [0, 0.1) is 0 Å². The number of nitrogens with zero attached hydrogens (tertiary/aromatic N) is 2. The summed E-state index contributed by atoms with van der Waals surface area (Å²) < 4.78 is 5.05. The zero-order chi connectivity index (χ0) is 17.3. The van der Waals surface area contributed by atoms with E-state index in [9.17, 15) is 9.90 Å². The van der Waals surface area contributed by atoms with Crippen LogP contribution in [-0.4, -0.2) is 39.9 Å². The molecule has 6 nitrogen and oxygen atoms in total. The maximum Gasteiger partial charge on any atom is 0.256 e. The lowest BCUT2D eigenvalue weighted by molar-refractivity contribution is 0.240. The molecule has 0 bridgehead atoms. The molecule has 1 aliphatic heterocycles. The minimum Gasteiger partial charge on any atom is -0.503 e. The maximum atomic E-state index is 12.2. The van der Waals surface area contributed by atoms with Crippen molar-refractivity contribution in [3.63, 3.8) is 0 Å². The molecule has 0 spiro atoms. The number of halogens is 1. The molecule has 24 heavy (non-hydrogen) atoms. The molecule has 0 amide bonds. The van der Waals surface area contributed by atoms with Gasteiger partial charge in [-0.1, -0.05) is 29.4 Å². The van der Waals surface area contributed by atoms with Crippen LogP contribution in [0.15, 0.2) is 22.1 Å². The number of phenols is 1. The Morgan fingerprint density at radius 1 is 1.50 bits per heavy atom. The molecule has 8 heteroatoms. The fraction of sp³-hybridized carbons (Fsp3) is 0.375. The topological polar surface area (TPSA) is 78.5 Å². The van der Waals surface area contributed by atoms with Gasteiger partial charge < -0.3 is 14.8 Å². The standard InChI is InChI=1S/C16H18ClN3O3S/c1-23-12-4-3-9(13(17)14(12)21)7-20-6-5-11-10(8-20)15(22)19-16(18-11)24-2/h3-4,21H,5-8H2,1-2H3,(H,18,19,22). The van der Waals surface area contributed by atoms with Crippen LogP contribution in [0.4, 0.5) is 0 Å². The largest absolute Gasteiger partial charge is 0.503 e. The van der Waals surface area contributed by atoms with Gasteiger partial charge in [-0.25, -0.2) is 4.98 Å². The molecule has 128 valence electrons. The second-order valence-corrected chi connectivity index (χ2v) is 6.72. The molecule has 0 unspecified atom stereocenters. The molecule has 1 aromatic heterocycles. The molecule has 0 fully saturated rings. The van der Waals surface area contributed by atoms with Gasteiger partial charge in [-0.2, -0.15) is 0 Å². The first-order valence-electron chi connectivity index (χ1n) is 7.46. The van der Waals surface area contributed by atoms with Gasteiger partial charge in [-0.05, 0) is 17.9 Å². The van der Waals surface area contributed by atoms with Crippen LogP contribution >= 0.6 is 23.4 Å². The molecule has 0 aliphatic carbocycles. The second-order valence-electron chi connectivity index (χ2n) is 5.55. The summed E-state index contributed by atoms with van der Waals surface area (Å²) in [7, 11) is 1.48. The van der Waals surface area contributed by atoms with Crippen LogP contribution in [0.1, 0.15) is 16.8 Å². The Labute approximate surface area is 148 Å². The SMILES string of the molecule is COc1ccc(CN2CCc3nc(SC)[nH]c(=O)c3C2)c(Cl)c1O. The number of aromatic hydroxyl groups is 1. The number of H-pyrrole nitrogens is 1. The van der Waals surface area contributed by atoms with E-state index in [2.05, 4.69) is 14.9 Å². The van der Waals surface area contributed by atoms with Crippen LogP contribution in [0.3, 0.4) is 0 Å². The minimum atomic E-state index is -0.0854. The van der Waals surface area contributed by atoms with Crippen molar-refractivity contribution in [1.82, 2.24) is 14.9 Å². The van der Waals surface area contributed by atoms with Gasteiger partial charge in [0.2, 0.25) is 0 Å². The molecular weight excluding hydrogens is 350 g/mol. The van der Waals surface area contributed by atoms with Gasteiger partial charge in [-0.15, -0.1) is 0 Å². The van der Waals surface area contributed by atoms with E-state index in [1.165, 1.54) is 18.9 Å².